The van der Waals surface area contributed by atoms with Crippen LogP contribution in [0.4, 0.5) is 11.1 Å². The van der Waals surface area contributed by atoms with Crippen LogP contribution in [0.25, 0.3) is 0 Å². The van der Waals surface area contributed by atoms with Gasteiger partial charge in [-0.1, -0.05) is 0 Å². The van der Waals surface area contributed by atoms with E-state index < -0.39 is 0 Å². The molecule has 2 aromatic heterocycles. The Bertz CT molecular complexity index is 742. The molecule has 0 saturated heterocycles. The number of aromatic nitrogens is 3. The second kappa shape index (κ2) is 9.81. The smallest absolute Gasteiger partial charge is 0.311 e. The minimum absolute atomic E-state index is 0.111. The number of hydrogen-bond acceptors (Lipinski definition) is 8. The molecule has 2 N–H and O–H groups in total. The molecule has 2 aromatic rings. The number of amides is 1. The predicted octanol–water partition coefficient (Wildman–Crippen LogP) is 2.49. The molecular formula is C17H23N5O3S. The molecule has 0 aliphatic rings. The quantitative estimate of drug-likeness (QED) is 0.511. The average Bonchev–Trinajstić information content (AvgIpc) is 2.97. The summed E-state index contributed by atoms with van der Waals surface area (Å²) < 4.78 is 4.87. The molecule has 0 bridgehead atoms. The third-order valence-corrected chi connectivity index (χ3v) is 4.08. The maximum atomic E-state index is 12.0. The molecular weight excluding hydrogens is 354 g/mol. The number of nitrogens with zero attached hydrogens (tertiary/aromatic N) is 3. The van der Waals surface area contributed by atoms with Crippen molar-refractivity contribution in [2.45, 2.75) is 40.0 Å². The van der Waals surface area contributed by atoms with Gasteiger partial charge in [-0.15, -0.1) is 11.3 Å². The van der Waals surface area contributed by atoms with E-state index in [0.29, 0.717) is 42.8 Å². The summed E-state index contributed by atoms with van der Waals surface area (Å²) >= 11 is 1.29. The van der Waals surface area contributed by atoms with E-state index in [1.54, 1.807) is 12.3 Å². The Morgan fingerprint density at radius 3 is 2.62 bits per heavy atom. The van der Waals surface area contributed by atoms with Crippen LogP contribution in [0, 0.1) is 13.8 Å². The molecule has 8 nitrogen and oxygen atoms in total. The number of aryl methyl sites for hydroxylation is 2. The van der Waals surface area contributed by atoms with Gasteiger partial charge in [-0.25, -0.2) is 15.0 Å². The van der Waals surface area contributed by atoms with Crippen LogP contribution in [-0.4, -0.2) is 40.0 Å². The SMILES string of the molecule is CCOC(=O)Cc1csc(NC(=O)CCCNc2nc(C)cc(C)n2)n1. The van der Waals surface area contributed by atoms with Gasteiger partial charge in [-0.2, -0.15) is 0 Å². The van der Waals surface area contributed by atoms with Gasteiger partial charge in [0.05, 0.1) is 18.7 Å². The van der Waals surface area contributed by atoms with Gasteiger partial charge < -0.3 is 15.4 Å². The Morgan fingerprint density at radius 1 is 1.19 bits per heavy atom. The zero-order chi connectivity index (χ0) is 18.9. The summed E-state index contributed by atoms with van der Waals surface area (Å²) in [5.41, 5.74) is 2.40. The van der Waals surface area contributed by atoms with E-state index in [2.05, 4.69) is 25.6 Å². The van der Waals surface area contributed by atoms with Crippen LogP contribution in [-0.2, 0) is 20.7 Å². The van der Waals surface area contributed by atoms with Crippen molar-refractivity contribution >= 4 is 34.3 Å². The Balaban J connectivity index is 1.70. The lowest BCUT2D eigenvalue weighted by atomic mass is 10.3. The average molecular weight is 377 g/mol. The van der Waals surface area contributed by atoms with Gasteiger partial charge in [0.25, 0.3) is 0 Å². The predicted molar refractivity (Wildman–Crippen MR) is 100 cm³/mol. The Hall–Kier alpha value is -2.55. The topological polar surface area (TPSA) is 106 Å². The van der Waals surface area contributed by atoms with Crippen LogP contribution in [0.2, 0.25) is 0 Å². The molecule has 0 unspecified atom stereocenters. The third kappa shape index (κ3) is 6.75. The molecule has 0 fully saturated rings. The number of rotatable bonds is 9. The maximum absolute atomic E-state index is 12.0. The number of carbonyl (C=O) groups excluding carboxylic acids is 2. The minimum Gasteiger partial charge on any atom is -0.466 e. The highest BCUT2D eigenvalue weighted by Crippen LogP contribution is 2.16. The molecule has 2 rings (SSSR count). The van der Waals surface area contributed by atoms with E-state index in [9.17, 15) is 9.59 Å². The van der Waals surface area contributed by atoms with E-state index in [1.165, 1.54) is 11.3 Å². The molecule has 26 heavy (non-hydrogen) atoms. The summed E-state index contributed by atoms with van der Waals surface area (Å²) in [7, 11) is 0. The Kier molecular flexibility index (Phi) is 7.46. The van der Waals surface area contributed by atoms with Crippen molar-refractivity contribution in [1.82, 2.24) is 15.0 Å². The van der Waals surface area contributed by atoms with Crippen molar-refractivity contribution < 1.29 is 14.3 Å². The number of nitrogens with one attached hydrogen (secondary N) is 2. The Morgan fingerprint density at radius 2 is 1.92 bits per heavy atom. The molecule has 0 spiro atoms. The van der Waals surface area contributed by atoms with Gasteiger partial charge in [0.15, 0.2) is 5.13 Å². The summed E-state index contributed by atoms with van der Waals surface area (Å²) in [5, 5.41) is 8.09. The van der Waals surface area contributed by atoms with Crippen LogP contribution in [0.3, 0.4) is 0 Å². The van der Waals surface area contributed by atoms with Crippen molar-refractivity contribution in [2.75, 3.05) is 23.8 Å². The highest BCUT2D eigenvalue weighted by Gasteiger charge is 2.10. The number of esters is 1. The molecule has 2 heterocycles. The first-order chi connectivity index (χ1) is 12.5. The van der Waals surface area contributed by atoms with Crippen LogP contribution in [0.1, 0.15) is 36.8 Å². The van der Waals surface area contributed by atoms with Crippen molar-refractivity contribution in [3.05, 3.63) is 28.5 Å². The lowest BCUT2D eigenvalue weighted by Crippen LogP contribution is -2.14. The first-order valence-electron chi connectivity index (χ1n) is 8.42. The molecule has 1 amide bonds. The number of anilines is 2. The molecule has 0 saturated carbocycles. The largest absolute Gasteiger partial charge is 0.466 e. The summed E-state index contributed by atoms with van der Waals surface area (Å²) in [6.45, 7) is 6.52. The zero-order valence-corrected chi connectivity index (χ0v) is 16.0. The number of hydrogen-bond donors (Lipinski definition) is 2. The van der Waals surface area contributed by atoms with Gasteiger partial charge in [-0.05, 0) is 33.3 Å². The third-order valence-electron chi connectivity index (χ3n) is 3.27. The number of carbonyl (C=O) groups is 2. The second-order valence-corrected chi connectivity index (χ2v) is 6.54. The van der Waals surface area contributed by atoms with Crippen LogP contribution < -0.4 is 10.6 Å². The van der Waals surface area contributed by atoms with Crippen molar-refractivity contribution in [3.63, 3.8) is 0 Å². The van der Waals surface area contributed by atoms with E-state index >= 15 is 0 Å². The fourth-order valence-electron chi connectivity index (χ4n) is 2.24. The summed E-state index contributed by atoms with van der Waals surface area (Å²) in [5.74, 6) is 0.131. The fraction of sp³-hybridized carbons (Fsp3) is 0.471. The van der Waals surface area contributed by atoms with Crippen molar-refractivity contribution in [3.8, 4) is 0 Å². The van der Waals surface area contributed by atoms with Gasteiger partial charge >= 0.3 is 5.97 Å². The number of ether oxygens (including phenoxy) is 1. The van der Waals surface area contributed by atoms with E-state index in [4.69, 9.17) is 4.74 Å². The van der Waals surface area contributed by atoms with E-state index in [0.717, 1.165) is 11.4 Å². The van der Waals surface area contributed by atoms with E-state index in [1.807, 2.05) is 19.9 Å². The normalized spacial score (nSPS) is 10.4. The first-order valence-corrected chi connectivity index (χ1v) is 9.30. The van der Waals surface area contributed by atoms with Crippen LogP contribution in [0.15, 0.2) is 11.4 Å². The van der Waals surface area contributed by atoms with Crippen LogP contribution >= 0.6 is 11.3 Å². The summed E-state index contributed by atoms with van der Waals surface area (Å²) in [6.07, 6.45) is 1.11. The zero-order valence-electron chi connectivity index (χ0n) is 15.2. The molecule has 9 heteroatoms. The number of thiazole rings is 1. The highest BCUT2D eigenvalue weighted by atomic mass is 32.1. The van der Waals surface area contributed by atoms with Gasteiger partial charge in [-0.3, -0.25) is 9.59 Å². The molecule has 0 atom stereocenters. The van der Waals surface area contributed by atoms with E-state index in [-0.39, 0.29) is 18.3 Å². The second-order valence-electron chi connectivity index (χ2n) is 5.68. The monoisotopic (exact) mass is 377 g/mol. The minimum atomic E-state index is -0.324. The summed E-state index contributed by atoms with van der Waals surface area (Å²) in [4.78, 5) is 36.2. The molecule has 0 radical (unpaired) electrons. The van der Waals surface area contributed by atoms with Crippen LogP contribution in [0.5, 0.6) is 0 Å². The van der Waals surface area contributed by atoms with Crippen molar-refractivity contribution in [1.29, 1.82) is 0 Å². The van der Waals surface area contributed by atoms with Crippen molar-refractivity contribution in [2.24, 2.45) is 0 Å². The molecule has 0 aliphatic heterocycles. The Labute approximate surface area is 156 Å². The lowest BCUT2D eigenvalue weighted by molar-refractivity contribution is -0.142. The van der Waals surface area contributed by atoms with Gasteiger partial charge in [0.1, 0.15) is 0 Å². The first kappa shape index (κ1) is 19.8. The maximum Gasteiger partial charge on any atom is 0.311 e. The van der Waals surface area contributed by atoms with Gasteiger partial charge in [0, 0.05) is 29.7 Å². The molecule has 140 valence electrons. The standard InChI is InChI=1S/C17H23N5O3S/c1-4-25-15(24)9-13-10-26-17(21-13)22-14(23)6-5-7-18-16-19-11(2)8-12(3)20-16/h8,10H,4-7,9H2,1-3H3,(H,18,19,20)(H,21,22,23). The molecule has 0 aliphatic carbocycles. The summed E-state index contributed by atoms with van der Waals surface area (Å²) in [6, 6.07) is 1.91. The molecule has 0 aromatic carbocycles. The fourth-order valence-corrected chi connectivity index (χ4v) is 2.97. The highest BCUT2D eigenvalue weighted by molar-refractivity contribution is 7.13. The van der Waals surface area contributed by atoms with Gasteiger partial charge in [0.2, 0.25) is 11.9 Å². The lowest BCUT2D eigenvalue weighted by Gasteiger charge is -2.06.